The molecule has 100 valence electrons. The Morgan fingerprint density at radius 2 is 2.05 bits per heavy atom. The molecule has 0 fully saturated rings. The predicted molar refractivity (Wildman–Crippen MR) is 81.9 cm³/mol. The largest absolute Gasteiger partial charge is 0.478 e. The van der Waals surface area contributed by atoms with Crippen molar-refractivity contribution >= 4 is 40.2 Å². The van der Waals surface area contributed by atoms with Crippen molar-refractivity contribution in [3.05, 3.63) is 53.6 Å². The molecule has 0 aliphatic rings. The van der Waals surface area contributed by atoms with Gasteiger partial charge in [-0.25, -0.2) is 4.79 Å². The van der Waals surface area contributed by atoms with Gasteiger partial charge in [0.25, 0.3) is 0 Å². The fourth-order valence-corrected chi connectivity index (χ4v) is 3.91. The molecule has 3 nitrogen and oxygen atoms in total. The van der Waals surface area contributed by atoms with Crippen LogP contribution in [0.4, 0.5) is 0 Å². The maximum absolute atomic E-state index is 11.2. The highest BCUT2D eigenvalue weighted by Crippen LogP contribution is 2.37. The van der Waals surface area contributed by atoms with Gasteiger partial charge in [0.05, 0.1) is 15.3 Å². The Balaban J connectivity index is 1.99. The van der Waals surface area contributed by atoms with Crippen LogP contribution in [0.1, 0.15) is 15.9 Å². The minimum Gasteiger partial charge on any atom is -0.478 e. The molecule has 0 aliphatic carbocycles. The number of carboxylic acid groups (broad SMARTS) is 1. The number of aromatic nitrogens is 1. The Bertz CT molecular complexity index is 795. The molecule has 0 saturated carbocycles. The van der Waals surface area contributed by atoms with Crippen LogP contribution in [-0.2, 0) is 0 Å². The fourth-order valence-electron chi connectivity index (χ4n) is 1.94. The molecule has 0 spiro atoms. The number of rotatable bonds is 3. The number of carboxylic acids is 1. The van der Waals surface area contributed by atoms with Gasteiger partial charge in [0, 0.05) is 10.3 Å². The molecule has 0 radical (unpaired) electrons. The fraction of sp³-hybridized carbons (Fsp3) is 0.0667. The summed E-state index contributed by atoms with van der Waals surface area (Å²) in [6.07, 6.45) is 0. The lowest BCUT2D eigenvalue weighted by Gasteiger charge is -2.04. The SMILES string of the molecule is Cc1ccc(Sc2snc3ccccc23)cc1C(=O)O. The molecule has 0 amide bonds. The van der Waals surface area contributed by atoms with Gasteiger partial charge in [-0.2, -0.15) is 4.37 Å². The second kappa shape index (κ2) is 5.26. The molecule has 0 unspecified atom stereocenters. The Hall–Kier alpha value is -1.85. The first-order chi connectivity index (χ1) is 9.65. The van der Waals surface area contributed by atoms with E-state index in [9.17, 15) is 4.79 Å². The molecule has 1 N–H and O–H groups in total. The van der Waals surface area contributed by atoms with Crippen molar-refractivity contribution in [2.75, 3.05) is 0 Å². The van der Waals surface area contributed by atoms with E-state index in [0.29, 0.717) is 5.56 Å². The van der Waals surface area contributed by atoms with E-state index >= 15 is 0 Å². The summed E-state index contributed by atoms with van der Waals surface area (Å²) in [6, 6.07) is 13.5. The van der Waals surface area contributed by atoms with Gasteiger partial charge in [0.15, 0.2) is 0 Å². The molecule has 3 rings (SSSR count). The van der Waals surface area contributed by atoms with Crippen LogP contribution in [0.5, 0.6) is 0 Å². The van der Waals surface area contributed by atoms with Crippen molar-refractivity contribution in [2.24, 2.45) is 0 Å². The molecule has 5 heteroatoms. The van der Waals surface area contributed by atoms with Crippen LogP contribution in [0.3, 0.4) is 0 Å². The summed E-state index contributed by atoms with van der Waals surface area (Å²) in [6.45, 7) is 1.81. The number of nitrogens with zero attached hydrogens (tertiary/aromatic N) is 1. The van der Waals surface area contributed by atoms with Crippen LogP contribution in [0.15, 0.2) is 51.6 Å². The van der Waals surface area contributed by atoms with Crippen LogP contribution in [0.2, 0.25) is 0 Å². The number of benzene rings is 2. The highest BCUT2D eigenvalue weighted by atomic mass is 32.2. The van der Waals surface area contributed by atoms with Crippen LogP contribution < -0.4 is 0 Å². The molecular formula is C15H11NO2S2. The summed E-state index contributed by atoms with van der Waals surface area (Å²) >= 11 is 3.00. The van der Waals surface area contributed by atoms with Crippen molar-refractivity contribution in [1.82, 2.24) is 4.37 Å². The first kappa shape index (κ1) is 13.1. The predicted octanol–water partition coefficient (Wildman–Crippen LogP) is 4.45. The normalized spacial score (nSPS) is 10.8. The maximum atomic E-state index is 11.2. The molecule has 0 bridgehead atoms. The lowest BCUT2D eigenvalue weighted by atomic mass is 10.1. The van der Waals surface area contributed by atoms with Gasteiger partial charge >= 0.3 is 5.97 Å². The second-order valence-electron chi connectivity index (χ2n) is 4.37. The minimum absolute atomic E-state index is 0.351. The zero-order valence-electron chi connectivity index (χ0n) is 10.7. The molecule has 1 heterocycles. The average molecular weight is 301 g/mol. The van der Waals surface area contributed by atoms with Gasteiger partial charge in [-0.15, -0.1) is 0 Å². The molecule has 0 atom stereocenters. The molecule has 20 heavy (non-hydrogen) atoms. The van der Waals surface area contributed by atoms with E-state index in [1.54, 1.807) is 24.8 Å². The van der Waals surface area contributed by atoms with Crippen molar-refractivity contribution in [2.45, 2.75) is 16.0 Å². The zero-order valence-corrected chi connectivity index (χ0v) is 12.3. The summed E-state index contributed by atoms with van der Waals surface area (Å²) in [4.78, 5) is 12.1. The Labute approximate surface area is 124 Å². The van der Waals surface area contributed by atoms with Gasteiger partial charge < -0.3 is 5.11 Å². The van der Waals surface area contributed by atoms with Gasteiger partial charge in [-0.3, -0.25) is 0 Å². The third-order valence-corrected chi connectivity index (χ3v) is 5.04. The monoisotopic (exact) mass is 301 g/mol. The Morgan fingerprint density at radius 3 is 2.85 bits per heavy atom. The number of carbonyl (C=O) groups is 1. The third kappa shape index (κ3) is 2.42. The molecule has 0 aliphatic heterocycles. The second-order valence-corrected chi connectivity index (χ2v) is 6.49. The minimum atomic E-state index is -0.890. The van der Waals surface area contributed by atoms with E-state index in [0.717, 1.165) is 25.6 Å². The summed E-state index contributed by atoms with van der Waals surface area (Å²) in [7, 11) is 0. The van der Waals surface area contributed by atoms with Crippen LogP contribution in [0.25, 0.3) is 10.9 Å². The summed E-state index contributed by atoms with van der Waals surface area (Å²) in [5.41, 5.74) is 2.10. The molecule has 3 aromatic rings. The van der Waals surface area contributed by atoms with Crippen molar-refractivity contribution in [3.63, 3.8) is 0 Å². The lowest BCUT2D eigenvalue weighted by Crippen LogP contribution is -1.99. The number of fused-ring (bicyclic) bond motifs is 1. The first-order valence-corrected chi connectivity index (χ1v) is 7.60. The maximum Gasteiger partial charge on any atom is 0.335 e. The van der Waals surface area contributed by atoms with Gasteiger partial charge in [-0.1, -0.05) is 36.0 Å². The van der Waals surface area contributed by atoms with Crippen molar-refractivity contribution < 1.29 is 9.90 Å². The molecule has 1 aromatic heterocycles. The highest BCUT2D eigenvalue weighted by molar-refractivity contribution is 8.01. The molecule has 0 saturated heterocycles. The average Bonchev–Trinajstić information content (AvgIpc) is 2.84. The van der Waals surface area contributed by atoms with E-state index < -0.39 is 5.97 Å². The van der Waals surface area contributed by atoms with Crippen LogP contribution in [0, 0.1) is 6.92 Å². The van der Waals surface area contributed by atoms with Gasteiger partial charge in [0.2, 0.25) is 0 Å². The van der Waals surface area contributed by atoms with Crippen molar-refractivity contribution in [3.8, 4) is 0 Å². The summed E-state index contributed by atoms with van der Waals surface area (Å²) < 4.78 is 5.48. The van der Waals surface area contributed by atoms with Gasteiger partial charge in [0.1, 0.15) is 0 Å². The number of hydrogen-bond donors (Lipinski definition) is 1. The Kier molecular flexibility index (Phi) is 3.46. The topological polar surface area (TPSA) is 50.2 Å². The van der Waals surface area contributed by atoms with Crippen molar-refractivity contribution in [1.29, 1.82) is 0 Å². The Morgan fingerprint density at radius 1 is 1.25 bits per heavy atom. The standard InChI is InChI=1S/C15H11NO2S2/c1-9-6-7-10(8-12(9)14(17)18)19-15-11-4-2-3-5-13(11)16-20-15/h2-8H,1H3,(H,17,18). The van der Waals surface area contributed by atoms with E-state index in [1.165, 1.54) is 11.5 Å². The third-order valence-electron chi connectivity index (χ3n) is 3.00. The quantitative estimate of drug-likeness (QED) is 0.776. The van der Waals surface area contributed by atoms with Crippen LogP contribution >= 0.6 is 23.3 Å². The zero-order chi connectivity index (χ0) is 14.1. The van der Waals surface area contributed by atoms with E-state index in [1.807, 2.05) is 36.4 Å². The number of aromatic carboxylic acids is 1. The van der Waals surface area contributed by atoms with E-state index in [-0.39, 0.29) is 0 Å². The van der Waals surface area contributed by atoms with E-state index in [2.05, 4.69) is 4.37 Å². The number of hydrogen-bond acceptors (Lipinski definition) is 4. The van der Waals surface area contributed by atoms with Gasteiger partial charge in [-0.05, 0) is 42.2 Å². The highest BCUT2D eigenvalue weighted by Gasteiger charge is 2.11. The van der Waals surface area contributed by atoms with Crippen LogP contribution in [-0.4, -0.2) is 15.4 Å². The lowest BCUT2D eigenvalue weighted by molar-refractivity contribution is 0.0696. The smallest absolute Gasteiger partial charge is 0.335 e. The molecule has 2 aromatic carbocycles. The first-order valence-electron chi connectivity index (χ1n) is 6.01. The molecular weight excluding hydrogens is 290 g/mol. The summed E-state index contributed by atoms with van der Waals surface area (Å²) in [5.74, 6) is -0.890. The van der Waals surface area contributed by atoms with E-state index in [4.69, 9.17) is 5.11 Å². The number of aryl methyl sites for hydroxylation is 1. The summed E-state index contributed by atoms with van der Waals surface area (Å²) in [5, 5.41) is 10.3.